The standard InChI is InChI=1S/C21H26F3N3O5/c1-19(2,3)31-17(29)13(18(30)32-20(4,5)6)9-10-27-16(28)14-11-12(21(22,23)24)7-8-15(14)25-26-27/h7-8,11,13H,9-10H2,1-6H3. The molecule has 0 fully saturated rings. The molecule has 0 saturated heterocycles. The lowest BCUT2D eigenvalue weighted by Gasteiger charge is -2.26. The number of alkyl halides is 3. The quantitative estimate of drug-likeness (QED) is 0.500. The number of nitrogens with zero attached hydrogens (tertiary/aromatic N) is 3. The maximum atomic E-state index is 13.0. The largest absolute Gasteiger partial charge is 0.459 e. The Morgan fingerprint density at radius 1 is 1.00 bits per heavy atom. The highest BCUT2D eigenvalue weighted by Gasteiger charge is 2.35. The Morgan fingerprint density at radius 3 is 2.00 bits per heavy atom. The highest BCUT2D eigenvalue weighted by atomic mass is 19.4. The van der Waals surface area contributed by atoms with Gasteiger partial charge in [0.1, 0.15) is 16.7 Å². The van der Waals surface area contributed by atoms with Gasteiger partial charge < -0.3 is 9.47 Å². The van der Waals surface area contributed by atoms with Crippen LogP contribution in [0.5, 0.6) is 0 Å². The van der Waals surface area contributed by atoms with E-state index >= 15 is 0 Å². The van der Waals surface area contributed by atoms with Crippen molar-refractivity contribution >= 4 is 22.8 Å². The molecular weight excluding hydrogens is 431 g/mol. The van der Waals surface area contributed by atoms with Gasteiger partial charge in [-0.3, -0.25) is 14.4 Å². The van der Waals surface area contributed by atoms with Crippen molar-refractivity contribution < 1.29 is 32.2 Å². The third kappa shape index (κ3) is 6.76. The smallest absolute Gasteiger partial charge is 0.416 e. The summed E-state index contributed by atoms with van der Waals surface area (Å²) in [5.41, 5.74) is -3.57. The summed E-state index contributed by atoms with van der Waals surface area (Å²) in [4.78, 5) is 37.9. The second kappa shape index (κ2) is 8.87. The van der Waals surface area contributed by atoms with E-state index < -0.39 is 46.4 Å². The summed E-state index contributed by atoms with van der Waals surface area (Å²) in [6, 6.07) is 2.56. The number of fused-ring (bicyclic) bond motifs is 1. The van der Waals surface area contributed by atoms with Gasteiger partial charge in [0.05, 0.1) is 10.9 Å². The van der Waals surface area contributed by atoms with E-state index in [4.69, 9.17) is 9.47 Å². The summed E-state index contributed by atoms with van der Waals surface area (Å²) in [5.74, 6) is -3.04. The SMILES string of the molecule is CC(C)(C)OC(=O)C(CCn1nnc2ccc(C(F)(F)F)cc2c1=O)C(=O)OC(C)(C)C. The fourth-order valence-electron chi connectivity index (χ4n) is 2.73. The molecule has 1 aromatic heterocycles. The van der Waals surface area contributed by atoms with Gasteiger partial charge in [0.15, 0.2) is 5.92 Å². The Morgan fingerprint density at radius 2 is 1.53 bits per heavy atom. The van der Waals surface area contributed by atoms with Crippen molar-refractivity contribution in [2.24, 2.45) is 5.92 Å². The molecule has 0 unspecified atom stereocenters. The summed E-state index contributed by atoms with van der Waals surface area (Å²) in [7, 11) is 0. The van der Waals surface area contributed by atoms with Gasteiger partial charge in [-0.05, 0) is 66.2 Å². The monoisotopic (exact) mass is 457 g/mol. The van der Waals surface area contributed by atoms with Crippen LogP contribution in [0.2, 0.25) is 0 Å². The van der Waals surface area contributed by atoms with E-state index in [1.165, 1.54) is 0 Å². The topological polar surface area (TPSA) is 100 Å². The number of aromatic nitrogens is 3. The van der Waals surface area contributed by atoms with Crippen LogP contribution in [0, 0.1) is 5.92 Å². The molecular formula is C21H26F3N3O5. The molecule has 0 saturated carbocycles. The van der Waals surface area contributed by atoms with E-state index in [2.05, 4.69) is 10.3 Å². The van der Waals surface area contributed by atoms with Crippen LogP contribution in [-0.2, 0) is 31.8 Å². The molecule has 0 aliphatic heterocycles. The van der Waals surface area contributed by atoms with E-state index in [0.717, 1.165) is 16.8 Å². The van der Waals surface area contributed by atoms with Crippen LogP contribution in [0.1, 0.15) is 53.5 Å². The lowest BCUT2D eigenvalue weighted by atomic mass is 10.0. The van der Waals surface area contributed by atoms with E-state index in [9.17, 15) is 27.6 Å². The lowest BCUT2D eigenvalue weighted by molar-refractivity contribution is -0.175. The zero-order valence-corrected chi connectivity index (χ0v) is 18.7. The number of ether oxygens (including phenoxy) is 2. The van der Waals surface area contributed by atoms with E-state index in [1.807, 2.05) is 0 Å². The van der Waals surface area contributed by atoms with Crippen LogP contribution < -0.4 is 5.56 Å². The normalized spacial score (nSPS) is 12.8. The molecule has 2 aromatic rings. The molecule has 0 atom stereocenters. The van der Waals surface area contributed by atoms with Gasteiger partial charge >= 0.3 is 18.1 Å². The molecule has 0 aliphatic carbocycles. The average Bonchev–Trinajstić information content (AvgIpc) is 2.59. The van der Waals surface area contributed by atoms with E-state index in [-0.39, 0.29) is 23.9 Å². The van der Waals surface area contributed by atoms with Crippen molar-refractivity contribution in [2.75, 3.05) is 0 Å². The lowest BCUT2D eigenvalue weighted by Crippen LogP contribution is -2.38. The van der Waals surface area contributed by atoms with Crippen LogP contribution in [0.15, 0.2) is 23.0 Å². The first-order valence-electron chi connectivity index (χ1n) is 9.88. The molecule has 1 aromatic carbocycles. The molecule has 2 rings (SSSR count). The number of hydrogen-bond donors (Lipinski definition) is 0. The molecule has 32 heavy (non-hydrogen) atoms. The Hall–Kier alpha value is -2.98. The highest BCUT2D eigenvalue weighted by molar-refractivity contribution is 5.95. The van der Waals surface area contributed by atoms with E-state index in [0.29, 0.717) is 6.07 Å². The van der Waals surface area contributed by atoms with Gasteiger partial charge in [-0.15, -0.1) is 5.10 Å². The number of benzene rings is 1. The second-order valence-electron chi connectivity index (χ2n) is 9.26. The maximum absolute atomic E-state index is 13.0. The Bertz CT molecular complexity index is 1040. The summed E-state index contributed by atoms with van der Waals surface area (Å²) in [5, 5.41) is 7.19. The molecule has 0 amide bonds. The number of carbonyl (C=O) groups excluding carboxylic acids is 2. The molecule has 0 spiro atoms. The van der Waals surface area contributed by atoms with Crippen LogP contribution >= 0.6 is 0 Å². The minimum atomic E-state index is -4.63. The van der Waals surface area contributed by atoms with Crippen LogP contribution in [0.3, 0.4) is 0 Å². The minimum Gasteiger partial charge on any atom is -0.459 e. The van der Waals surface area contributed by atoms with Crippen molar-refractivity contribution in [2.45, 2.75) is 71.9 Å². The summed E-state index contributed by atoms with van der Waals surface area (Å²) in [6.07, 6.45) is -4.85. The van der Waals surface area contributed by atoms with Crippen molar-refractivity contribution in [1.82, 2.24) is 15.0 Å². The fourth-order valence-corrected chi connectivity index (χ4v) is 2.73. The number of hydrogen-bond acceptors (Lipinski definition) is 7. The molecule has 0 aliphatic rings. The summed E-state index contributed by atoms with van der Waals surface area (Å²) in [6.45, 7) is 9.54. The third-order valence-corrected chi connectivity index (χ3v) is 4.06. The Kier molecular flexibility index (Phi) is 7.01. The zero-order chi connectivity index (χ0) is 24.5. The molecule has 176 valence electrons. The Balaban J connectivity index is 2.34. The molecule has 11 heteroatoms. The summed E-state index contributed by atoms with van der Waals surface area (Å²) < 4.78 is 50.4. The number of esters is 2. The van der Waals surface area contributed by atoms with Crippen molar-refractivity contribution in [3.05, 3.63) is 34.1 Å². The minimum absolute atomic E-state index is 0.00455. The molecule has 0 N–H and O–H groups in total. The Labute approximate surface area is 182 Å². The second-order valence-corrected chi connectivity index (χ2v) is 9.26. The number of halogens is 3. The average molecular weight is 457 g/mol. The van der Waals surface area contributed by atoms with Crippen LogP contribution in [0.25, 0.3) is 10.9 Å². The van der Waals surface area contributed by atoms with Crippen LogP contribution in [0.4, 0.5) is 13.2 Å². The summed E-state index contributed by atoms with van der Waals surface area (Å²) >= 11 is 0. The predicted octanol–water partition coefficient (Wildman–Crippen LogP) is 3.50. The van der Waals surface area contributed by atoms with E-state index in [1.54, 1.807) is 41.5 Å². The molecule has 1 heterocycles. The van der Waals surface area contributed by atoms with Crippen LogP contribution in [-0.4, -0.2) is 38.1 Å². The highest BCUT2D eigenvalue weighted by Crippen LogP contribution is 2.30. The first-order valence-corrected chi connectivity index (χ1v) is 9.88. The van der Waals surface area contributed by atoms with Crippen molar-refractivity contribution in [1.29, 1.82) is 0 Å². The molecule has 0 radical (unpaired) electrons. The van der Waals surface area contributed by atoms with Crippen molar-refractivity contribution in [3.8, 4) is 0 Å². The van der Waals surface area contributed by atoms with Gasteiger partial charge in [0.25, 0.3) is 5.56 Å². The van der Waals surface area contributed by atoms with Gasteiger partial charge in [0.2, 0.25) is 0 Å². The van der Waals surface area contributed by atoms with Gasteiger partial charge in [-0.2, -0.15) is 13.2 Å². The van der Waals surface area contributed by atoms with Gasteiger partial charge in [-0.25, -0.2) is 4.68 Å². The molecule has 8 nitrogen and oxygen atoms in total. The molecule has 0 bridgehead atoms. The van der Waals surface area contributed by atoms with Crippen molar-refractivity contribution in [3.63, 3.8) is 0 Å². The predicted molar refractivity (Wildman–Crippen MR) is 109 cm³/mol. The maximum Gasteiger partial charge on any atom is 0.416 e. The van der Waals surface area contributed by atoms with Gasteiger partial charge in [0, 0.05) is 6.54 Å². The number of aryl methyl sites for hydroxylation is 1. The first kappa shape index (κ1) is 25.3. The third-order valence-electron chi connectivity index (χ3n) is 4.06. The number of rotatable bonds is 5. The fraction of sp³-hybridized carbons (Fsp3) is 0.571. The first-order chi connectivity index (χ1) is 14.5. The zero-order valence-electron chi connectivity index (χ0n) is 18.7. The number of carbonyl (C=O) groups is 2. The van der Waals surface area contributed by atoms with Gasteiger partial charge in [-0.1, -0.05) is 5.21 Å².